The first-order valence-electron chi connectivity index (χ1n) is 9.50. The second-order valence-electron chi connectivity index (χ2n) is 6.66. The molecule has 0 unspecified atom stereocenters. The van der Waals surface area contributed by atoms with Gasteiger partial charge in [0.25, 0.3) is 10.0 Å². The third-order valence-corrected chi connectivity index (χ3v) is 6.53. The number of hydrogen-bond acceptors (Lipinski definition) is 5. The third kappa shape index (κ3) is 4.36. The van der Waals surface area contributed by atoms with Crippen molar-refractivity contribution in [1.29, 1.82) is 0 Å². The van der Waals surface area contributed by atoms with Gasteiger partial charge in [0.1, 0.15) is 5.75 Å². The Kier molecular flexibility index (Phi) is 6.35. The minimum absolute atomic E-state index is 0.0251. The van der Waals surface area contributed by atoms with Gasteiger partial charge in [0.2, 0.25) is 5.91 Å². The fourth-order valence-corrected chi connectivity index (χ4v) is 4.70. The Morgan fingerprint density at radius 3 is 2.82 bits per heavy atom. The molecule has 1 N–H and O–H groups in total. The Hall–Kier alpha value is -2.39. The van der Waals surface area contributed by atoms with E-state index in [1.54, 1.807) is 16.7 Å². The number of imidazole rings is 1. The van der Waals surface area contributed by atoms with Gasteiger partial charge in [-0.1, -0.05) is 12.1 Å². The van der Waals surface area contributed by atoms with Crippen LogP contribution in [0.5, 0.6) is 5.75 Å². The minimum atomic E-state index is -3.71. The second-order valence-corrected chi connectivity index (χ2v) is 8.55. The maximum Gasteiger partial charge on any atom is 0.262 e. The molecule has 1 aliphatic rings. The predicted molar refractivity (Wildman–Crippen MR) is 106 cm³/mol. The zero-order valence-corrected chi connectivity index (χ0v) is 17.0. The van der Waals surface area contributed by atoms with Crippen molar-refractivity contribution in [3.8, 4) is 5.75 Å². The number of carbonyl (C=O) groups excluding carboxylic acids is 1. The number of aryl methyl sites for hydroxylation is 1. The van der Waals surface area contributed by atoms with Gasteiger partial charge in [-0.25, -0.2) is 13.4 Å². The summed E-state index contributed by atoms with van der Waals surface area (Å²) in [6, 6.07) is 7.23. The zero-order chi connectivity index (χ0) is 20.1. The fourth-order valence-electron chi connectivity index (χ4n) is 3.24. The number of hydrogen-bond donors (Lipinski definition) is 1. The highest BCUT2D eigenvalue weighted by Gasteiger charge is 2.34. The Balaban J connectivity index is 1.71. The molecule has 0 saturated carbocycles. The number of rotatable bonds is 7. The molecule has 28 heavy (non-hydrogen) atoms. The normalized spacial score (nSPS) is 18.0. The number of aromatic nitrogens is 2. The van der Waals surface area contributed by atoms with Gasteiger partial charge in [0, 0.05) is 25.8 Å². The first-order chi connectivity index (χ1) is 13.5. The van der Waals surface area contributed by atoms with Crippen molar-refractivity contribution in [2.75, 3.05) is 25.0 Å². The predicted octanol–water partition coefficient (Wildman–Crippen LogP) is 2.34. The van der Waals surface area contributed by atoms with Crippen molar-refractivity contribution in [2.45, 2.75) is 38.3 Å². The molecule has 0 aliphatic carbocycles. The fraction of sp³-hybridized carbons (Fsp3) is 0.474. The maximum atomic E-state index is 12.9. The first-order valence-corrected chi connectivity index (χ1v) is 10.9. The molecular formula is C19H26N4O4S. The Morgan fingerprint density at radius 1 is 1.32 bits per heavy atom. The molecule has 1 atom stereocenters. The maximum absolute atomic E-state index is 12.9. The molecule has 1 fully saturated rings. The van der Waals surface area contributed by atoms with Crippen LogP contribution in [0, 0.1) is 5.92 Å². The number of nitrogens with one attached hydrogen (secondary N) is 1. The quantitative estimate of drug-likeness (QED) is 0.762. The molecular weight excluding hydrogens is 380 g/mol. The van der Waals surface area contributed by atoms with E-state index in [4.69, 9.17) is 4.74 Å². The van der Waals surface area contributed by atoms with E-state index in [-0.39, 0.29) is 17.5 Å². The Labute approximate surface area is 165 Å². The molecule has 0 bridgehead atoms. The Morgan fingerprint density at radius 2 is 2.11 bits per heavy atom. The van der Waals surface area contributed by atoms with Crippen LogP contribution in [0.25, 0.3) is 0 Å². The molecule has 1 saturated heterocycles. The van der Waals surface area contributed by atoms with Crippen molar-refractivity contribution in [2.24, 2.45) is 5.92 Å². The molecule has 1 aromatic carbocycles. The van der Waals surface area contributed by atoms with Gasteiger partial charge >= 0.3 is 0 Å². The topological polar surface area (TPSA) is 93.5 Å². The molecule has 0 spiro atoms. The van der Waals surface area contributed by atoms with E-state index < -0.39 is 15.9 Å². The van der Waals surface area contributed by atoms with Crippen LogP contribution >= 0.6 is 0 Å². The van der Waals surface area contributed by atoms with Crippen molar-refractivity contribution in [3.63, 3.8) is 0 Å². The first kappa shape index (κ1) is 20.3. The Bertz CT molecular complexity index is 926. The number of sulfonamides is 1. The molecule has 1 aromatic heterocycles. The molecule has 2 heterocycles. The van der Waals surface area contributed by atoms with Gasteiger partial charge in [-0.2, -0.15) is 4.31 Å². The van der Waals surface area contributed by atoms with Crippen LogP contribution in [0.3, 0.4) is 0 Å². The highest BCUT2D eigenvalue weighted by molar-refractivity contribution is 7.89. The number of carbonyl (C=O) groups is 1. The van der Waals surface area contributed by atoms with Gasteiger partial charge in [0.05, 0.1) is 24.5 Å². The molecule has 2 aromatic rings. The number of piperidine rings is 1. The number of nitrogens with zero attached hydrogens (tertiary/aromatic N) is 3. The van der Waals surface area contributed by atoms with Crippen LogP contribution in [-0.2, 0) is 21.4 Å². The van der Waals surface area contributed by atoms with Gasteiger partial charge in [-0.05, 0) is 38.8 Å². The monoisotopic (exact) mass is 406 g/mol. The molecule has 0 radical (unpaired) electrons. The van der Waals surface area contributed by atoms with Crippen LogP contribution < -0.4 is 10.1 Å². The van der Waals surface area contributed by atoms with Gasteiger partial charge in [0.15, 0.2) is 5.03 Å². The van der Waals surface area contributed by atoms with Crippen LogP contribution in [0.1, 0.15) is 26.7 Å². The molecule has 3 rings (SSSR count). The zero-order valence-electron chi connectivity index (χ0n) is 16.2. The van der Waals surface area contributed by atoms with Gasteiger partial charge in [-0.15, -0.1) is 0 Å². The summed E-state index contributed by atoms with van der Waals surface area (Å²) in [6.45, 7) is 5.46. The van der Waals surface area contributed by atoms with Crippen molar-refractivity contribution < 1.29 is 17.9 Å². The summed E-state index contributed by atoms with van der Waals surface area (Å²) >= 11 is 0. The van der Waals surface area contributed by atoms with E-state index in [0.29, 0.717) is 44.0 Å². The lowest BCUT2D eigenvalue weighted by molar-refractivity contribution is -0.120. The summed E-state index contributed by atoms with van der Waals surface area (Å²) in [4.78, 5) is 16.8. The van der Waals surface area contributed by atoms with E-state index in [9.17, 15) is 13.2 Å². The lowest BCUT2D eigenvalue weighted by atomic mass is 9.98. The third-order valence-electron chi connectivity index (χ3n) is 4.78. The summed E-state index contributed by atoms with van der Waals surface area (Å²) in [5.41, 5.74) is 0.594. The van der Waals surface area contributed by atoms with E-state index in [0.717, 1.165) is 0 Å². The molecule has 1 amide bonds. The lowest BCUT2D eigenvalue weighted by Crippen LogP contribution is -2.43. The largest absolute Gasteiger partial charge is 0.492 e. The van der Waals surface area contributed by atoms with Crippen molar-refractivity contribution >= 4 is 21.6 Å². The number of para-hydroxylation sites is 2. The average Bonchev–Trinajstić information content (AvgIpc) is 3.20. The summed E-state index contributed by atoms with van der Waals surface area (Å²) in [6.07, 6.45) is 4.29. The molecule has 8 nitrogen and oxygen atoms in total. The van der Waals surface area contributed by atoms with Crippen LogP contribution in [0.4, 0.5) is 5.69 Å². The number of anilines is 1. The van der Waals surface area contributed by atoms with Crippen LogP contribution in [0.2, 0.25) is 0 Å². The number of benzene rings is 1. The highest BCUT2D eigenvalue weighted by Crippen LogP contribution is 2.27. The molecule has 9 heteroatoms. The molecule has 152 valence electrons. The van der Waals surface area contributed by atoms with Gasteiger partial charge < -0.3 is 14.6 Å². The summed E-state index contributed by atoms with van der Waals surface area (Å²) in [5, 5.41) is 2.91. The van der Waals surface area contributed by atoms with E-state index in [1.165, 1.54) is 16.8 Å². The average molecular weight is 407 g/mol. The minimum Gasteiger partial charge on any atom is -0.492 e. The van der Waals surface area contributed by atoms with Crippen LogP contribution in [0.15, 0.2) is 41.8 Å². The number of ether oxygens (including phenoxy) is 1. The number of amides is 1. The standard InChI is InChI=1S/C19H26N4O4S/c1-3-22-13-18(20-14-22)28(25,26)23-11-7-8-15(12-23)19(24)21-16-9-5-6-10-17(16)27-4-2/h5-6,9-10,13-15H,3-4,7-8,11-12H2,1-2H3,(H,21,24)/t15-/m1/s1. The van der Waals surface area contributed by atoms with Crippen LogP contribution in [-0.4, -0.2) is 47.9 Å². The smallest absolute Gasteiger partial charge is 0.262 e. The summed E-state index contributed by atoms with van der Waals surface area (Å²) in [5.74, 6) is -0.0265. The second kappa shape index (κ2) is 8.74. The summed E-state index contributed by atoms with van der Waals surface area (Å²) in [7, 11) is -3.71. The van der Waals surface area contributed by atoms with Gasteiger partial charge in [-0.3, -0.25) is 4.79 Å². The van der Waals surface area contributed by atoms with E-state index in [1.807, 2.05) is 26.0 Å². The highest BCUT2D eigenvalue weighted by atomic mass is 32.2. The SMILES string of the molecule is CCOc1ccccc1NC(=O)[C@@H]1CCCN(S(=O)(=O)c2cn(CC)cn2)C1. The van der Waals surface area contributed by atoms with Crippen molar-refractivity contribution in [1.82, 2.24) is 13.9 Å². The summed E-state index contributed by atoms with van der Waals surface area (Å²) < 4.78 is 34.4. The lowest BCUT2D eigenvalue weighted by Gasteiger charge is -2.30. The van der Waals surface area contributed by atoms with Crippen molar-refractivity contribution in [3.05, 3.63) is 36.8 Å². The molecule has 1 aliphatic heterocycles. The van der Waals surface area contributed by atoms with E-state index in [2.05, 4.69) is 10.3 Å². The van der Waals surface area contributed by atoms with E-state index >= 15 is 0 Å².